The zero-order valence-corrected chi connectivity index (χ0v) is 19.1. The molecule has 0 spiro atoms. The Morgan fingerprint density at radius 2 is 1.63 bits per heavy atom. The molecule has 3 rings (SSSR count). The molecule has 2 saturated carbocycles. The van der Waals surface area contributed by atoms with E-state index in [1.807, 2.05) is 14.1 Å². The van der Waals surface area contributed by atoms with Gasteiger partial charge in [0.25, 0.3) is 0 Å². The first-order valence-corrected chi connectivity index (χ1v) is 9.73. The number of nitrogens with zero attached hydrogens (tertiary/aromatic N) is 2. The summed E-state index contributed by atoms with van der Waals surface area (Å²) in [5.74, 6) is 1.03. The number of rotatable bonds is 6. The van der Waals surface area contributed by atoms with Crippen molar-refractivity contribution in [2.24, 2.45) is 10.4 Å². The lowest BCUT2D eigenvalue weighted by Crippen LogP contribution is -2.50. The van der Waals surface area contributed by atoms with E-state index in [0.29, 0.717) is 6.54 Å². The van der Waals surface area contributed by atoms with Crippen LogP contribution in [0.4, 0.5) is 0 Å². The van der Waals surface area contributed by atoms with Crippen molar-refractivity contribution < 1.29 is 4.79 Å². The van der Waals surface area contributed by atoms with Crippen LogP contribution in [0.15, 0.2) is 35.3 Å². The smallest absolute Gasteiger partial charge is 0.230 e. The van der Waals surface area contributed by atoms with E-state index in [0.717, 1.165) is 38.2 Å². The largest absolute Gasteiger partial charge is 0.356 e. The SMILES string of the molecule is CN=C(NCC1(C(=O)N(C)C)CCCC1)NCC1(c2ccccc2)CC1.I. The van der Waals surface area contributed by atoms with Crippen molar-refractivity contribution in [2.75, 3.05) is 34.2 Å². The van der Waals surface area contributed by atoms with E-state index in [9.17, 15) is 4.79 Å². The Morgan fingerprint density at radius 3 is 2.15 bits per heavy atom. The highest BCUT2D eigenvalue weighted by Gasteiger charge is 2.44. The first kappa shape index (κ1) is 22.0. The molecule has 0 bridgehead atoms. The molecule has 0 aliphatic heterocycles. The third kappa shape index (κ3) is 4.95. The summed E-state index contributed by atoms with van der Waals surface area (Å²) in [4.78, 5) is 18.8. The van der Waals surface area contributed by atoms with Crippen LogP contribution in [0.5, 0.6) is 0 Å². The highest BCUT2D eigenvalue weighted by molar-refractivity contribution is 14.0. The molecule has 150 valence electrons. The van der Waals surface area contributed by atoms with Crippen molar-refractivity contribution in [3.63, 3.8) is 0 Å². The number of benzene rings is 1. The van der Waals surface area contributed by atoms with Crippen LogP contribution >= 0.6 is 24.0 Å². The lowest BCUT2D eigenvalue weighted by Gasteiger charge is -2.31. The van der Waals surface area contributed by atoms with E-state index in [4.69, 9.17) is 0 Å². The van der Waals surface area contributed by atoms with Gasteiger partial charge in [0.15, 0.2) is 5.96 Å². The summed E-state index contributed by atoms with van der Waals surface area (Å²) < 4.78 is 0. The average Bonchev–Trinajstić information content (AvgIpc) is 3.31. The minimum Gasteiger partial charge on any atom is -0.356 e. The van der Waals surface area contributed by atoms with E-state index in [1.165, 1.54) is 18.4 Å². The number of nitrogens with one attached hydrogen (secondary N) is 2. The molecule has 2 aliphatic rings. The zero-order chi connectivity index (χ0) is 18.6. The summed E-state index contributed by atoms with van der Waals surface area (Å²) >= 11 is 0. The number of carbonyl (C=O) groups excluding carboxylic acids is 1. The summed E-state index contributed by atoms with van der Waals surface area (Å²) in [7, 11) is 5.50. The summed E-state index contributed by atoms with van der Waals surface area (Å²) in [5.41, 5.74) is 1.36. The Kier molecular flexibility index (Phi) is 7.54. The fourth-order valence-electron chi connectivity index (χ4n) is 4.23. The van der Waals surface area contributed by atoms with Crippen LogP contribution in [-0.2, 0) is 10.2 Å². The number of amides is 1. The minimum absolute atomic E-state index is 0. The molecule has 2 aliphatic carbocycles. The van der Waals surface area contributed by atoms with Crippen molar-refractivity contribution in [1.29, 1.82) is 0 Å². The van der Waals surface area contributed by atoms with Gasteiger partial charge in [-0.1, -0.05) is 43.2 Å². The molecular weight excluding hydrogens is 451 g/mol. The maximum Gasteiger partial charge on any atom is 0.230 e. The molecule has 0 unspecified atom stereocenters. The van der Waals surface area contributed by atoms with Crippen molar-refractivity contribution >= 4 is 35.8 Å². The van der Waals surface area contributed by atoms with Crippen molar-refractivity contribution in [3.8, 4) is 0 Å². The highest BCUT2D eigenvalue weighted by atomic mass is 127. The molecule has 0 heterocycles. The van der Waals surface area contributed by atoms with E-state index in [1.54, 1.807) is 11.9 Å². The van der Waals surface area contributed by atoms with Gasteiger partial charge in [-0.2, -0.15) is 0 Å². The summed E-state index contributed by atoms with van der Waals surface area (Å²) in [6.07, 6.45) is 6.60. The first-order valence-electron chi connectivity index (χ1n) is 9.73. The van der Waals surface area contributed by atoms with Crippen LogP contribution in [0.3, 0.4) is 0 Å². The second-order valence-corrected chi connectivity index (χ2v) is 8.11. The molecule has 0 atom stereocenters. The molecule has 6 heteroatoms. The van der Waals surface area contributed by atoms with E-state index < -0.39 is 0 Å². The Labute approximate surface area is 180 Å². The van der Waals surface area contributed by atoms with Crippen LogP contribution in [0.2, 0.25) is 0 Å². The number of carbonyl (C=O) groups is 1. The van der Waals surface area contributed by atoms with Crippen LogP contribution in [0.1, 0.15) is 44.1 Å². The molecule has 0 saturated heterocycles. The van der Waals surface area contributed by atoms with Gasteiger partial charge in [0.2, 0.25) is 5.91 Å². The highest BCUT2D eigenvalue weighted by Crippen LogP contribution is 2.47. The van der Waals surface area contributed by atoms with Crippen molar-refractivity contribution in [3.05, 3.63) is 35.9 Å². The predicted octanol–water partition coefficient (Wildman–Crippen LogP) is 3.15. The fraction of sp³-hybridized carbons (Fsp3) is 0.619. The molecule has 1 aromatic carbocycles. The number of halogens is 1. The third-order valence-corrected chi connectivity index (χ3v) is 6.07. The van der Waals surface area contributed by atoms with Gasteiger partial charge < -0.3 is 15.5 Å². The minimum atomic E-state index is -0.280. The van der Waals surface area contributed by atoms with Crippen molar-refractivity contribution in [2.45, 2.75) is 43.9 Å². The molecular formula is C21H33IN4O. The van der Waals surface area contributed by atoms with Crippen LogP contribution in [0, 0.1) is 5.41 Å². The van der Waals surface area contributed by atoms with Gasteiger partial charge in [-0.25, -0.2) is 0 Å². The summed E-state index contributed by atoms with van der Waals surface area (Å²) in [6.45, 7) is 1.54. The van der Waals surface area contributed by atoms with E-state index in [2.05, 4.69) is 46.0 Å². The molecule has 2 N–H and O–H groups in total. The Bertz CT molecular complexity index is 649. The molecule has 0 aromatic heterocycles. The Morgan fingerprint density at radius 1 is 1.04 bits per heavy atom. The second kappa shape index (κ2) is 9.26. The maximum atomic E-state index is 12.7. The predicted molar refractivity (Wildman–Crippen MR) is 122 cm³/mol. The monoisotopic (exact) mass is 484 g/mol. The number of hydrogen-bond acceptors (Lipinski definition) is 2. The van der Waals surface area contributed by atoms with Crippen LogP contribution in [0.25, 0.3) is 0 Å². The maximum absolute atomic E-state index is 12.7. The Balaban J connectivity index is 0.00000261. The van der Waals surface area contributed by atoms with Gasteiger partial charge in [-0.05, 0) is 31.2 Å². The van der Waals surface area contributed by atoms with Gasteiger partial charge in [-0.15, -0.1) is 24.0 Å². The summed E-state index contributed by atoms with van der Waals surface area (Å²) in [6, 6.07) is 10.7. The average molecular weight is 484 g/mol. The normalized spacial score (nSPS) is 19.7. The number of guanidine groups is 1. The van der Waals surface area contributed by atoms with Crippen molar-refractivity contribution in [1.82, 2.24) is 15.5 Å². The van der Waals surface area contributed by atoms with Gasteiger partial charge >= 0.3 is 0 Å². The Hall–Kier alpha value is -1.31. The zero-order valence-electron chi connectivity index (χ0n) is 16.8. The molecule has 27 heavy (non-hydrogen) atoms. The second-order valence-electron chi connectivity index (χ2n) is 8.11. The van der Waals surface area contributed by atoms with Gasteiger partial charge in [0.1, 0.15) is 0 Å². The molecule has 1 amide bonds. The third-order valence-electron chi connectivity index (χ3n) is 6.07. The first-order chi connectivity index (χ1) is 12.5. The molecule has 2 fully saturated rings. The number of aliphatic imine (C=N–C) groups is 1. The summed E-state index contributed by atoms with van der Waals surface area (Å²) in [5, 5.41) is 6.93. The topological polar surface area (TPSA) is 56.7 Å². The van der Waals surface area contributed by atoms with Crippen LogP contribution in [-0.4, -0.2) is 51.0 Å². The lowest BCUT2D eigenvalue weighted by atomic mass is 9.84. The number of hydrogen-bond donors (Lipinski definition) is 2. The molecule has 1 aromatic rings. The van der Waals surface area contributed by atoms with Gasteiger partial charge in [-0.3, -0.25) is 9.79 Å². The standard InChI is InChI=1S/C21H32N4O.HI/c1-22-19(23-15-20(13-14-20)17-9-5-4-6-10-17)24-16-21(11-7-8-12-21)18(26)25(2)3;/h4-6,9-10H,7-8,11-16H2,1-3H3,(H2,22,23,24);1H. The lowest BCUT2D eigenvalue weighted by molar-refractivity contribution is -0.138. The fourth-order valence-corrected chi connectivity index (χ4v) is 4.23. The van der Waals surface area contributed by atoms with Gasteiger partial charge in [0, 0.05) is 39.6 Å². The van der Waals surface area contributed by atoms with E-state index in [-0.39, 0.29) is 40.7 Å². The van der Waals surface area contributed by atoms with Crippen LogP contribution < -0.4 is 10.6 Å². The molecule has 0 radical (unpaired) electrons. The van der Waals surface area contributed by atoms with Gasteiger partial charge in [0.05, 0.1) is 5.41 Å². The molecule has 5 nitrogen and oxygen atoms in total. The quantitative estimate of drug-likeness (QED) is 0.371. The van der Waals surface area contributed by atoms with E-state index >= 15 is 0 Å².